The molecule has 0 radical (unpaired) electrons. The summed E-state index contributed by atoms with van der Waals surface area (Å²) < 4.78 is 39.6. The van der Waals surface area contributed by atoms with Crippen LogP contribution >= 0.6 is 11.3 Å². The Morgan fingerprint density at radius 1 is 1.03 bits per heavy atom. The SMILES string of the molecule is Cc1ccc(C(=O)NCCCCN2CCN(c3csc4cc(C(F)(F)F)ccc34)CC2)cc1. The molecule has 0 aliphatic carbocycles. The Kier molecular flexibility index (Phi) is 7.24. The second kappa shape index (κ2) is 10.1. The lowest BCUT2D eigenvalue weighted by Crippen LogP contribution is -2.46. The van der Waals surface area contributed by atoms with Crippen LogP contribution in [0, 0.1) is 6.92 Å². The molecule has 4 rings (SSSR count). The van der Waals surface area contributed by atoms with Gasteiger partial charge >= 0.3 is 6.18 Å². The van der Waals surface area contributed by atoms with Gasteiger partial charge in [0, 0.05) is 53.8 Å². The predicted molar refractivity (Wildman–Crippen MR) is 128 cm³/mol. The molecule has 176 valence electrons. The Labute approximate surface area is 196 Å². The molecule has 1 fully saturated rings. The number of nitrogens with zero attached hydrogens (tertiary/aromatic N) is 2. The maximum atomic E-state index is 13.0. The molecule has 0 unspecified atom stereocenters. The van der Waals surface area contributed by atoms with E-state index >= 15 is 0 Å². The van der Waals surface area contributed by atoms with Crippen LogP contribution in [0.4, 0.5) is 18.9 Å². The highest BCUT2D eigenvalue weighted by Gasteiger charge is 2.31. The fourth-order valence-electron chi connectivity index (χ4n) is 4.12. The number of amides is 1. The van der Waals surface area contributed by atoms with Crippen molar-refractivity contribution < 1.29 is 18.0 Å². The first kappa shape index (κ1) is 23.6. The first-order chi connectivity index (χ1) is 15.8. The number of piperazine rings is 1. The molecular formula is C25H28F3N3OS. The second-order valence-electron chi connectivity index (χ2n) is 8.49. The van der Waals surface area contributed by atoms with E-state index in [2.05, 4.69) is 15.1 Å². The zero-order chi connectivity index (χ0) is 23.4. The summed E-state index contributed by atoms with van der Waals surface area (Å²) in [5.74, 6) is -0.0334. The van der Waals surface area contributed by atoms with Crippen molar-refractivity contribution in [2.45, 2.75) is 25.9 Å². The molecule has 1 aromatic heterocycles. The number of unbranched alkanes of at least 4 members (excludes halogenated alkanes) is 1. The van der Waals surface area contributed by atoms with Crippen molar-refractivity contribution in [3.8, 4) is 0 Å². The van der Waals surface area contributed by atoms with Crippen molar-refractivity contribution in [1.29, 1.82) is 0 Å². The number of hydrogen-bond donors (Lipinski definition) is 1. The molecule has 0 spiro atoms. The standard InChI is InChI=1S/C25H28F3N3OS/c1-18-4-6-19(7-5-18)24(32)29-10-2-3-11-30-12-14-31(15-13-30)22-17-33-23-16-20(25(26,27)28)8-9-21(22)23/h4-9,16-17H,2-3,10-15H2,1H3,(H,29,32). The first-order valence-corrected chi connectivity index (χ1v) is 12.1. The van der Waals surface area contributed by atoms with Crippen molar-refractivity contribution >= 4 is 33.0 Å². The molecule has 1 aliphatic heterocycles. The number of halogens is 3. The number of aryl methyl sites for hydroxylation is 1. The van der Waals surface area contributed by atoms with E-state index in [1.54, 1.807) is 6.07 Å². The van der Waals surface area contributed by atoms with Crippen LogP contribution in [0.3, 0.4) is 0 Å². The number of hydrogen-bond acceptors (Lipinski definition) is 4. The number of carbonyl (C=O) groups is 1. The Morgan fingerprint density at radius 2 is 1.76 bits per heavy atom. The number of nitrogens with one attached hydrogen (secondary N) is 1. The molecule has 2 heterocycles. The molecule has 1 aliphatic rings. The summed E-state index contributed by atoms with van der Waals surface area (Å²) in [5, 5.41) is 5.84. The lowest BCUT2D eigenvalue weighted by molar-refractivity contribution is -0.137. The molecule has 2 aromatic carbocycles. The van der Waals surface area contributed by atoms with Crippen molar-refractivity contribution in [2.24, 2.45) is 0 Å². The molecule has 1 saturated heterocycles. The Bertz CT molecular complexity index is 1090. The zero-order valence-corrected chi connectivity index (χ0v) is 19.4. The monoisotopic (exact) mass is 475 g/mol. The van der Waals surface area contributed by atoms with Crippen molar-refractivity contribution in [3.05, 3.63) is 64.5 Å². The van der Waals surface area contributed by atoms with Gasteiger partial charge in [0.05, 0.1) is 11.3 Å². The van der Waals surface area contributed by atoms with E-state index in [9.17, 15) is 18.0 Å². The van der Waals surface area contributed by atoms with E-state index in [1.165, 1.54) is 23.5 Å². The second-order valence-corrected chi connectivity index (χ2v) is 9.40. The smallest absolute Gasteiger partial charge is 0.368 e. The topological polar surface area (TPSA) is 35.6 Å². The highest BCUT2D eigenvalue weighted by Crippen LogP contribution is 2.38. The lowest BCUT2D eigenvalue weighted by Gasteiger charge is -2.36. The van der Waals surface area contributed by atoms with E-state index in [4.69, 9.17) is 0 Å². The molecule has 8 heteroatoms. The number of thiophene rings is 1. The number of benzene rings is 2. The highest BCUT2D eigenvalue weighted by molar-refractivity contribution is 7.17. The fourth-order valence-corrected chi connectivity index (χ4v) is 5.13. The summed E-state index contributed by atoms with van der Waals surface area (Å²) >= 11 is 1.37. The van der Waals surface area contributed by atoms with Crippen LogP contribution in [0.2, 0.25) is 0 Å². The van der Waals surface area contributed by atoms with Crippen molar-refractivity contribution in [3.63, 3.8) is 0 Å². The van der Waals surface area contributed by atoms with Gasteiger partial charge in [0.2, 0.25) is 0 Å². The third-order valence-electron chi connectivity index (χ3n) is 6.10. The third kappa shape index (κ3) is 5.86. The van der Waals surface area contributed by atoms with Gasteiger partial charge in [0.25, 0.3) is 5.91 Å². The van der Waals surface area contributed by atoms with Gasteiger partial charge in [-0.2, -0.15) is 13.2 Å². The van der Waals surface area contributed by atoms with Crippen molar-refractivity contribution in [2.75, 3.05) is 44.2 Å². The number of carbonyl (C=O) groups excluding carboxylic acids is 1. The average molecular weight is 476 g/mol. The normalized spacial score (nSPS) is 15.2. The lowest BCUT2D eigenvalue weighted by atomic mass is 10.1. The maximum absolute atomic E-state index is 13.0. The van der Waals surface area contributed by atoms with Gasteiger partial charge in [-0.3, -0.25) is 9.69 Å². The van der Waals surface area contributed by atoms with Crippen LogP contribution in [0.15, 0.2) is 47.8 Å². The highest BCUT2D eigenvalue weighted by atomic mass is 32.1. The summed E-state index contributed by atoms with van der Waals surface area (Å²) in [5.41, 5.74) is 2.26. The van der Waals surface area contributed by atoms with Crippen LogP contribution in [0.25, 0.3) is 10.1 Å². The van der Waals surface area contributed by atoms with E-state index in [0.717, 1.165) is 62.2 Å². The molecule has 0 saturated carbocycles. The summed E-state index contributed by atoms with van der Waals surface area (Å²) in [4.78, 5) is 16.8. The van der Waals surface area contributed by atoms with Gasteiger partial charge in [0.15, 0.2) is 0 Å². The number of rotatable bonds is 7. The van der Waals surface area contributed by atoms with E-state index in [0.29, 0.717) is 16.8 Å². The predicted octanol–water partition coefficient (Wildman–Crippen LogP) is 5.56. The number of fused-ring (bicyclic) bond motifs is 1. The maximum Gasteiger partial charge on any atom is 0.416 e. The number of alkyl halides is 3. The van der Waals surface area contributed by atoms with E-state index in [1.807, 2.05) is 36.6 Å². The minimum absolute atomic E-state index is 0.0334. The molecule has 33 heavy (non-hydrogen) atoms. The van der Waals surface area contributed by atoms with Gasteiger partial charge in [0.1, 0.15) is 0 Å². The van der Waals surface area contributed by atoms with Crippen molar-refractivity contribution in [1.82, 2.24) is 10.2 Å². The Morgan fingerprint density at radius 3 is 2.45 bits per heavy atom. The Hall–Kier alpha value is -2.58. The zero-order valence-electron chi connectivity index (χ0n) is 18.6. The summed E-state index contributed by atoms with van der Waals surface area (Å²) in [7, 11) is 0. The fraction of sp³-hybridized carbons (Fsp3) is 0.400. The van der Waals surface area contributed by atoms with Gasteiger partial charge in [-0.05, 0) is 50.6 Å². The van der Waals surface area contributed by atoms with E-state index < -0.39 is 11.7 Å². The van der Waals surface area contributed by atoms with E-state index in [-0.39, 0.29) is 5.91 Å². The Balaban J connectivity index is 1.19. The van der Waals surface area contributed by atoms with Gasteiger partial charge in [-0.15, -0.1) is 11.3 Å². The minimum atomic E-state index is -4.31. The van der Waals surface area contributed by atoms with Crippen LogP contribution in [0.5, 0.6) is 0 Å². The summed E-state index contributed by atoms with van der Waals surface area (Å²) in [6.45, 7) is 7.20. The third-order valence-corrected chi connectivity index (χ3v) is 7.03. The van der Waals surface area contributed by atoms with Crippen LogP contribution in [-0.2, 0) is 6.18 Å². The van der Waals surface area contributed by atoms with Gasteiger partial charge < -0.3 is 10.2 Å². The molecule has 1 N–H and O–H groups in total. The quantitative estimate of drug-likeness (QED) is 0.455. The summed E-state index contributed by atoms with van der Waals surface area (Å²) in [6, 6.07) is 11.6. The molecule has 3 aromatic rings. The van der Waals surface area contributed by atoms with Crippen LogP contribution in [0.1, 0.15) is 34.3 Å². The van der Waals surface area contributed by atoms with Gasteiger partial charge in [-0.25, -0.2) is 0 Å². The largest absolute Gasteiger partial charge is 0.416 e. The van der Waals surface area contributed by atoms with Crippen LogP contribution in [-0.4, -0.2) is 50.1 Å². The van der Waals surface area contributed by atoms with Crippen LogP contribution < -0.4 is 10.2 Å². The average Bonchev–Trinajstić information content (AvgIpc) is 3.22. The first-order valence-electron chi connectivity index (χ1n) is 11.2. The molecular weight excluding hydrogens is 447 g/mol. The molecule has 1 amide bonds. The van der Waals surface area contributed by atoms with Gasteiger partial charge in [-0.1, -0.05) is 23.8 Å². The molecule has 0 atom stereocenters. The molecule has 0 bridgehead atoms. The molecule has 4 nitrogen and oxygen atoms in total. The summed E-state index contributed by atoms with van der Waals surface area (Å²) in [6.07, 6.45) is -2.38. The number of anilines is 1. The minimum Gasteiger partial charge on any atom is -0.368 e.